The molecule has 0 aliphatic rings. The zero-order chi connectivity index (χ0) is 31.6. The molecule has 0 aromatic carbocycles. The van der Waals surface area contributed by atoms with Gasteiger partial charge in [0.15, 0.2) is 0 Å². The maximum absolute atomic E-state index is 8.36. The number of hydrogen-bond acceptors (Lipinski definition) is 9. The lowest BCUT2D eigenvalue weighted by Crippen LogP contribution is -1.97. The van der Waals surface area contributed by atoms with E-state index in [0.717, 1.165) is 19.6 Å². The fraction of sp³-hybridized carbons (Fsp3) is 1.00. The van der Waals surface area contributed by atoms with Crippen LogP contribution in [0.4, 0.5) is 0 Å². The number of hydrogen-bond donors (Lipinski definition) is 6. The van der Waals surface area contributed by atoms with Crippen LogP contribution in [0.15, 0.2) is 0 Å². The van der Waals surface area contributed by atoms with Crippen LogP contribution in [0.3, 0.4) is 0 Å². The summed E-state index contributed by atoms with van der Waals surface area (Å²) in [7, 11) is 0. The minimum atomic E-state index is -1.50. The number of nitrogens with two attached hydrogens (primary N) is 3. The molecule has 39 heavy (non-hydrogen) atoms. The van der Waals surface area contributed by atoms with Gasteiger partial charge in [-0.2, -0.15) is 0 Å². The smallest absolute Gasteiger partial charge is 0.291 e. The molecule has 0 aliphatic carbocycles. The summed E-state index contributed by atoms with van der Waals surface area (Å²) in [5.74, 6) is 0. The van der Waals surface area contributed by atoms with Crippen LogP contribution in [0.5, 0.6) is 0 Å². The fourth-order valence-corrected chi connectivity index (χ4v) is 2.77. The van der Waals surface area contributed by atoms with Gasteiger partial charge >= 0.3 is 0 Å². The second-order valence-corrected chi connectivity index (χ2v) is 8.38. The normalized spacial score (nSPS) is 8.77. The lowest BCUT2D eigenvalue weighted by atomic mass is 10.1. The molecule has 15 nitrogen and oxygen atoms in total. The predicted molar refractivity (Wildman–Crippen MR) is 154 cm³/mol. The summed E-state index contributed by atoms with van der Waals surface area (Å²) in [6.45, 7) is 9.32. The van der Waals surface area contributed by atoms with Gasteiger partial charge in [-0.1, -0.05) is 117 Å². The zero-order valence-corrected chi connectivity index (χ0v) is 24.7. The van der Waals surface area contributed by atoms with E-state index < -0.39 is 15.3 Å². The highest BCUT2D eigenvalue weighted by Crippen LogP contribution is 2.04. The van der Waals surface area contributed by atoms with Crippen LogP contribution >= 0.6 is 0 Å². The summed E-state index contributed by atoms with van der Waals surface area (Å²) < 4.78 is 0. The van der Waals surface area contributed by atoms with Gasteiger partial charge < -0.3 is 32.8 Å². The van der Waals surface area contributed by atoms with Crippen LogP contribution in [0.1, 0.15) is 136 Å². The molecule has 0 aromatic heterocycles. The highest BCUT2D eigenvalue weighted by molar-refractivity contribution is 4.44. The Labute approximate surface area is 234 Å². The summed E-state index contributed by atoms with van der Waals surface area (Å²) >= 11 is 0. The fourth-order valence-electron chi connectivity index (χ4n) is 2.77. The second kappa shape index (κ2) is 55.9. The Morgan fingerprint density at radius 2 is 0.538 bits per heavy atom. The highest BCUT2D eigenvalue weighted by atomic mass is 16.9. The molecule has 0 heterocycles. The molecule has 15 heteroatoms. The van der Waals surface area contributed by atoms with Gasteiger partial charge in [0.25, 0.3) is 15.3 Å². The molecule has 9 N–H and O–H groups in total. The molecule has 0 amide bonds. The number of unbranched alkanes of at least 4 members (excludes halogenated alkanes) is 15. The molecule has 240 valence electrons. The van der Waals surface area contributed by atoms with Crippen molar-refractivity contribution in [3.05, 3.63) is 30.3 Å². The average molecular weight is 577 g/mol. The molecule has 0 rings (SSSR count). The quantitative estimate of drug-likeness (QED) is 0.0634. The molecule has 0 saturated heterocycles. The van der Waals surface area contributed by atoms with Crippen molar-refractivity contribution in [2.45, 2.75) is 136 Å². The molecule has 0 atom stereocenters. The monoisotopic (exact) mass is 576 g/mol. The molecular weight excluding hydrogens is 516 g/mol. The van der Waals surface area contributed by atoms with Crippen LogP contribution in [-0.2, 0) is 0 Å². The maximum atomic E-state index is 8.36. The molecule has 0 radical (unpaired) electrons. The van der Waals surface area contributed by atoms with Crippen LogP contribution in [0, 0.1) is 30.3 Å². The minimum absolute atomic E-state index is 0.867. The zero-order valence-electron chi connectivity index (χ0n) is 24.7. The third kappa shape index (κ3) is 166. The molecule has 0 unspecified atom stereocenters. The summed E-state index contributed by atoms with van der Waals surface area (Å²) in [6.07, 6.45) is 24.2. The van der Waals surface area contributed by atoms with Crippen molar-refractivity contribution in [2.24, 2.45) is 17.2 Å². The van der Waals surface area contributed by atoms with Gasteiger partial charge in [-0.05, 0) is 38.9 Å². The van der Waals surface area contributed by atoms with Crippen LogP contribution in [-0.4, -0.2) is 50.5 Å². The predicted octanol–water partition coefficient (Wildman–Crippen LogP) is 5.87. The van der Waals surface area contributed by atoms with E-state index in [1.165, 1.54) is 116 Å². The van der Waals surface area contributed by atoms with Crippen LogP contribution in [0.2, 0.25) is 0 Å². The highest BCUT2D eigenvalue weighted by Gasteiger charge is 1.87. The molecular formula is C24H60N6O9. The Balaban J connectivity index is -0.0000000872. The largest absolute Gasteiger partial charge is 0.330 e. The summed E-state index contributed by atoms with van der Waals surface area (Å²) in [6, 6.07) is 0. The van der Waals surface area contributed by atoms with E-state index in [9.17, 15) is 0 Å². The summed E-state index contributed by atoms with van der Waals surface area (Å²) in [5, 5.41) is 40.9. The second-order valence-electron chi connectivity index (χ2n) is 8.38. The standard InChI is InChI=1S/3C8H19N.3HNO3/c3*1-2-3-4-5-6-7-8-9;3*2-1(3)4/h3*2-9H2,1H3;3*(H,2,3,4). The molecule has 0 fully saturated rings. The van der Waals surface area contributed by atoms with Gasteiger partial charge in [0.2, 0.25) is 0 Å². The van der Waals surface area contributed by atoms with Crippen molar-refractivity contribution in [3.8, 4) is 0 Å². The Bertz CT molecular complexity index is 361. The first-order valence-electron chi connectivity index (χ1n) is 14.0. The number of rotatable bonds is 18. The van der Waals surface area contributed by atoms with Gasteiger partial charge in [0, 0.05) is 0 Å². The first-order valence-corrected chi connectivity index (χ1v) is 14.0. The van der Waals surface area contributed by atoms with E-state index >= 15 is 0 Å². The third-order valence-electron chi connectivity index (χ3n) is 4.67. The van der Waals surface area contributed by atoms with Crippen molar-refractivity contribution >= 4 is 0 Å². The van der Waals surface area contributed by atoms with E-state index in [4.69, 9.17) is 63.2 Å². The van der Waals surface area contributed by atoms with Gasteiger partial charge in [-0.25, -0.2) is 0 Å². The summed E-state index contributed by atoms with van der Waals surface area (Å²) in [4.78, 5) is 25.1. The topological polar surface area (TPSA) is 268 Å². The van der Waals surface area contributed by atoms with Gasteiger partial charge in [-0.15, -0.1) is 30.3 Å². The molecule has 0 bridgehead atoms. The van der Waals surface area contributed by atoms with E-state index in [1.807, 2.05) is 0 Å². The lowest BCUT2D eigenvalue weighted by Gasteiger charge is -1.96. The van der Waals surface area contributed by atoms with Gasteiger partial charge in [-0.3, -0.25) is 0 Å². The van der Waals surface area contributed by atoms with Crippen molar-refractivity contribution in [1.29, 1.82) is 0 Å². The van der Waals surface area contributed by atoms with Crippen molar-refractivity contribution < 1.29 is 30.9 Å². The molecule has 0 spiro atoms. The average Bonchev–Trinajstić information content (AvgIpc) is 2.84. The molecule has 0 aromatic rings. The first-order chi connectivity index (χ1) is 18.4. The maximum Gasteiger partial charge on any atom is 0.291 e. The summed E-state index contributed by atoms with van der Waals surface area (Å²) in [5.41, 5.74) is 16.0. The van der Waals surface area contributed by atoms with E-state index in [-0.39, 0.29) is 0 Å². The first kappa shape index (κ1) is 49.4. The molecule has 0 aliphatic heterocycles. The van der Waals surface area contributed by atoms with E-state index in [2.05, 4.69) is 20.8 Å². The van der Waals surface area contributed by atoms with Gasteiger partial charge in [0.05, 0.1) is 0 Å². The minimum Gasteiger partial charge on any atom is -0.330 e. The van der Waals surface area contributed by atoms with Crippen molar-refractivity contribution in [2.75, 3.05) is 19.6 Å². The Morgan fingerprint density at radius 3 is 0.667 bits per heavy atom. The Hall–Kier alpha value is -2.52. The lowest BCUT2D eigenvalue weighted by molar-refractivity contribution is -0.742. The number of nitrogens with zero attached hydrogens (tertiary/aromatic N) is 3. The van der Waals surface area contributed by atoms with Crippen LogP contribution in [0.25, 0.3) is 0 Å². The van der Waals surface area contributed by atoms with Crippen LogP contribution < -0.4 is 17.2 Å². The Kier molecular flexibility index (Phi) is 70.8. The van der Waals surface area contributed by atoms with Crippen molar-refractivity contribution in [1.82, 2.24) is 0 Å². The van der Waals surface area contributed by atoms with E-state index in [0.29, 0.717) is 0 Å². The molecule has 0 saturated carbocycles. The SMILES string of the molecule is CCCCCCCCN.CCCCCCCCN.CCCCCCCCN.O=[N+]([O-])O.O=[N+]([O-])O.O=[N+]([O-])O. The van der Waals surface area contributed by atoms with Gasteiger partial charge in [0.1, 0.15) is 0 Å². The Morgan fingerprint density at radius 1 is 0.410 bits per heavy atom. The van der Waals surface area contributed by atoms with E-state index in [1.54, 1.807) is 0 Å². The third-order valence-corrected chi connectivity index (χ3v) is 4.67. The van der Waals surface area contributed by atoms with Crippen molar-refractivity contribution in [3.63, 3.8) is 0 Å².